The summed E-state index contributed by atoms with van der Waals surface area (Å²) < 4.78 is 22.7. The number of nitrogens with two attached hydrogens (primary N) is 1. The van der Waals surface area contributed by atoms with Gasteiger partial charge in [0.2, 0.25) is 15.9 Å². The second-order valence-corrected chi connectivity index (χ2v) is 8.12. The molecule has 6 heteroatoms. The Morgan fingerprint density at radius 2 is 1.68 bits per heavy atom. The minimum absolute atomic E-state index is 0.0417. The Morgan fingerprint density at radius 1 is 1.04 bits per heavy atom. The zero-order valence-corrected chi connectivity index (χ0v) is 15.3. The number of nitrogens with one attached hydrogen (secondary N) is 1. The molecular weight excluding hydrogens is 336 g/mol. The van der Waals surface area contributed by atoms with Crippen molar-refractivity contribution in [3.63, 3.8) is 0 Å². The van der Waals surface area contributed by atoms with Gasteiger partial charge in [-0.1, -0.05) is 50.2 Å². The molecule has 134 valence electrons. The predicted molar refractivity (Wildman–Crippen MR) is 98.3 cm³/mol. The molecule has 0 radical (unpaired) electrons. The van der Waals surface area contributed by atoms with Gasteiger partial charge in [0, 0.05) is 6.54 Å². The fourth-order valence-electron chi connectivity index (χ4n) is 2.55. The van der Waals surface area contributed by atoms with E-state index in [2.05, 4.69) is 31.3 Å². The third-order valence-corrected chi connectivity index (χ3v) is 4.66. The third-order valence-electron chi connectivity index (χ3n) is 3.75. The van der Waals surface area contributed by atoms with Crippen LogP contribution in [0.2, 0.25) is 0 Å². The van der Waals surface area contributed by atoms with Gasteiger partial charge < -0.3 is 5.32 Å². The van der Waals surface area contributed by atoms with E-state index in [4.69, 9.17) is 5.14 Å². The molecule has 0 aromatic heterocycles. The molecular formula is C19H24N2O3S. The van der Waals surface area contributed by atoms with Crippen LogP contribution in [-0.2, 0) is 34.2 Å². The van der Waals surface area contributed by atoms with Crippen LogP contribution in [0.15, 0.2) is 53.4 Å². The Kier molecular flexibility index (Phi) is 6.33. The molecule has 2 rings (SSSR count). The largest absolute Gasteiger partial charge is 0.352 e. The first-order chi connectivity index (χ1) is 11.7. The van der Waals surface area contributed by atoms with Crippen LogP contribution in [0.5, 0.6) is 0 Å². The minimum Gasteiger partial charge on any atom is -0.352 e. The highest BCUT2D eigenvalue weighted by atomic mass is 32.2. The summed E-state index contributed by atoms with van der Waals surface area (Å²) in [6.45, 7) is 4.60. The summed E-state index contributed by atoms with van der Waals surface area (Å²) in [7, 11) is -3.74. The number of primary sulfonamides is 1. The van der Waals surface area contributed by atoms with Gasteiger partial charge in [0.15, 0.2) is 0 Å². The van der Waals surface area contributed by atoms with Crippen molar-refractivity contribution in [1.29, 1.82) is 0 Å². The Labute approximate surface area is 149 Å². The highest BCUT2D eigenvalue weighted by molar-refractivity contribution is 7.89. The Hall–Kier alpha value is -2.18. The molecule has 0 spiro atoms. The van der Waals surface area contributed by atoms with E-state index < -0.39 is 10.0 Å². The number of amides is 1. The fraction of sp³-hybridized carbons (Fsp3) is 0.316. The van der Waals surface area contributed by atoms with Crippen LogP contribution in [0.4, 0.5) is 0 Å². The first-order valence-corrected chi connectivity index (χ1v) is 9.75. The maximum absolute atomic E-state index is 12.1. The summed E-state index contributed by atoms with van der Waals surface area (Å²) in [4.78, 5) is 12.1. The van der Waals surface area contributed by atoms with Crippen molar-refractivity contribution >= 4 is 15.9 Å². The van der Waals surface area contributed by atoms with Gasteiger partial charge in [-0.3, -0.25) is 4.79 Å². The molecule has 0 aliphatic carbocycles. The molecule has 0 aliphatic heterocycles. The van der Waals surface area contributed by atoms with Gasteiger partial charge in [0.1, 0.15) is 0 Å². The molecule has 0 atom stereocenters. The van der Waals surface area contributed by atoms with Gasteiger partial charge in [-0.05, 0) is 41.2 Å². The van der Waals surface area contributed by atoms with Crippen molar-refractivity contribution in [2.45, 2.75) is 38.1 Å². The van der Waals surface area contributed by atoms with E-state index in [1.807, 2.05) is 12.1 Å². The number of hydrogen-bond acceptors (Lipinski definition) is 3. The monoisotopic (exact) mass is 360 g/mol. The van der Waals surface area contributed by atoms with Crippen molar-refractivity contribution in [2.75, 3.05) is 0 Å². The fourth-order valence-corrected chi connectivity index (χ4v) is 3.13. The lowest BCUT2D eigenvalue weighted by Crippen LogP contribution is -2.24. The molecule has 5 nitrogen and oxygen atoms in total. The van der Waals surface area contributed by atoms with Gasteiger partial charge in [-0.2, -0.15) is 0 Å². The van der Waals surface area contributed by atoms with Crippen LogP contribution in [0.1, 0.15) is 30.5 Å². The average molecular weight is 360 g/mol. The predicted octanol–water partition coefficient (Wildman–Crippen LogP) is 2.39. The smallest absolute Gasteiger partial charge is 0.238 e. The average Bonchev–Trinajstić information content (AvgIpc) is 2.54. The molecule has 0 bridgehead atoms. The van der Waals surface area contributed by atoms with Gasteiger partial charge in [0.05, 0.1) is 11.3 Å². The normalized spacial score (nSPS) is 11.5. The highest BCUT2D eigenvalue weighted by Gasteiger charge is 2.09. The number of carbonyl (C=O) groups is 1. The Bertz CT molecular complexity index is 828. The van der Waals surface area contributed by atoms with E-state index in [0.29, 0.717) is 11.5 Å². The summed E-state index contributed by atoms with van der Waals surface area (Å²) in [5, 5.41) is 7.91. The lowest BCUT2D eigenvalue weighted by atomic mass is 10.0. The molecule has 0 heterocycles. The molecule has 0 saturated heterocycles. The van der Waals surface area contributed by atoms with Crippen LogP contribution in [0, 0.1) is 5.92 Å². The number of carbonyl (C=O) groups excluding carboxylic acids is 1. The van der Waals surface area contributed by atoms with Crippen molar-refractivity contribution in [3.8, 4) is 0 Å². The van der Waals surface area contributed by atoms with Crippen LogP contribution in [0.3, 0.4) is 0 Å². The molecule has 0 saturated carbocycles. The lowest BCUT2D eigenvalue weighted by Gasteiger charge is -2.08. The standard InChI is InChI=1S/C19H24N2O3S/c1-14(2)10-15-6-8-16(9-7-15)12-19(22)21-13-17-4-3-5-18(11-17)25(20,23)24/h3-9,11,14H,10,12-13H2,1-2H3,(H,21,22)(H2,20,23,24). The minimum atomic E-state index is -3.74. The maximum Gasteiger partial charge on any atom is 0.238 e. The van der Waals surface area contributed by atoms with Gasteiger partial charge in [0.25, 0.3) is 0 Å². The molecule has 0 fully saturated rings. The van der Waals surface area contributed by atoms with Gasteiger partial charge in [-0.15, -0.1) is 0 Å². The number of rotatable bonds is 7. The number of benzene rings is 2. The third kappa shape index (κ3) is 6.32. The van der Waals surface area contributed by atoms with Crippen LogP contribution >= 0.6 is 0 Å². The first kappa shape index (κ1) is 19.1. The number of hydrogen-bond donors (Lipinski definition) is 2. The number of sulfonamides is 1. The lowest BCUT2D eigenvalue weighted by molar-refractivity contribution is -0.120. The molecule has 0 aliphatic rings. The summed E-state index contributed by atoms with van der Waals surface area (Å²) in [5.74, 6) is 0.486. The van der Waals surface area contributed by atoms with Crippen molar-refractivity contribution in [3.05, 3.63) is 65.2 Å². The van der Waals surface area contributed by atoms with Crippen LogP contribution < -0.4 is 10.5 Å². The molecule has 1 amide bonds. The topological polar surface area (TPSA) is 89.3 Å². The van der Waals surface area contributed by atoms with E-state index in [1.54, 1.807) is 12.1 Å². The van der Waals surface area contributed by atoms with E-state index in [1.165, 1.54) is 17.7 Å². The molecule has 2 aromatic carbocycles. The first-order valence-electron chi connectivity index (χ1n) is 8.20. The quantitative estimate of drug-likeness (QED) is 0.794. The van der Waals surface area contributed by atoms with E-state index in [-0.39, 0.29) is 23.8 Å². The summed E-state index contributed by atoms with van der Waals surface area (Å²) in [5.41, 5.74) is 2.90. The zero-order valence-electron chi connectivity index (χ0n) is 14.5. The second-order valence-electron chi connectivity index (χ2n) is 6.56. The van der Waals surface area contributed by atoms with E-state index >= 15 is 0 Å². The van der Waals surface area contributed by atoms with Crippen LogP contribution in [-0.4, -0.2) is 14.3 Å². The highest BCUT2D eigenvalue weighted by Crippen LogP contribution is 2.11. The van der Waals surface area contributed by atoms with E-state index in [0.717, 1.165) is 12.0 Å². The van der Waals surface area contributed by atoms with Crippen molar-refractivity contribution in [2.24, 2.45) is 11.1 Å². The molecule has 25 heavy (non-hydrogen) atoms. The van der Waals surface area contributed by atoms with Crippen molar-refractivity contribution in [1.82, 2.24) is 5.32 Å². The van der Waals surface area contributed by atoms with Crippen LogP contribution in [0.25, 0.3) is 0 Å². The Morgan fingerprint density at radius 3 is 2.28 bits per heavy atom. The molecule has 3 N–H and O–H groups in total. The SMILES string of the molecule is CC(C)Cc1ccc(CC(=O)NCc2cccc(S(N)(=O)=O)c2)cc1. The maximum atomic E-state index is 12.1. The second kappa shape index (κ2) is 8.27. The Balaban J connectivity index is 1.90. The van der Waals surface area contributed by atoms with Gasteiger partial charge in [-0.25, -0.2) is 13.6 Å². The zero-order chi connectivity index (χ0) is 18.4. The summed E-state index contributed by atoms with van der Waals surface area (Å²) >= 11 is 0. The molecule has 0 unspecified atom stereocenters. The van der Waals surface area contributed by atoms with E-state index in [9.17, 15) is 13.2 Å². The van der Waals surface area contributed by atoms with Gasteiger partial charge >= 0.3 is 0 Å². The summed E-state index contributed by atoms with van der Waals surface area (Å²) in [6.07, 6.45) is 1.31. The van der Waals surface area contributed by atoms with Crippen molar-refractivity contribution < 1.29 is 13.2 Å². The molecule has 2 aromatic rings. The summed E-state index contributed by atoms with van der Waals surface area (Å²) in [6, 6.07) is 14.3.